The summed E-state index contributed by atoms with van der Waals surface area (Å²) >= 11 is 0. The Labute approximate surface area is 145 Å². The van der Waals surface area contributed by atoms with Crippen molar-refractivity contribution in [2.75, 3.05) is 6.54 Å². The highest BCUT2D eigenvalue weighted by Crippen LogP contribution is 2.20. The van der Waals surface area contributed by atoms with Gasteiger partial charge in [-0.1, -0.05) is 47.5 Å². The second-order valence-corrected chi connectivity index (χ2v) is 6.41. The Morgan fingerprint density at radius 1 is 1.08 bits per heavy atom. The van der Waals surface area contributed by atoms with Gasteiger partial charge in [0.2, 0.25) is 0 Å². The molecule has 1 atom stereocenters. The fraction of sp³-hybridized carbons (Fsp3) is 0.381. The molecule has 0 heterocycles. The first-order valence-corrected chi connectivity index (χ1v) is 8.53. The van der Waals surface area contributed by atoms with Crippen LogP contribution in [-0.4, -0.2) is 18.6 Å². The molecule has 2 aromatic rings. The predicted molar refractivity (Wildman–Crippen MR) is 98.5 cm³/mol. The van der Waals surface area contributed by atoms with Gasteiger partial charge < -0.3 is 10.1 Å². The van der Waals surface area contributed by atoms with Gasteiger partial charge in [0.25, 0.3) is 5.91 Å². The van der Waals surface area contributed by atoms with E-state index >= 15 is 0 Å². The summed E-state index contributed by atoms with van der Waals surface area (Å²) in [4.78, 5) is 12.2. The van der Waals surface area contributed by atoms with Crippen molar-refractivity contribution < 1.29 is 9.53 Å². The smallest absolute Gasteiger partial charge is 0.260 e. The van der Waals surface area contributed by atoms with Gasteiger partial charge in [0.05, 0.1) is 0 Å². The predicted octanol–water partition coefficient (Wildman–Crippen LogP) is 4.13. The van der Waals surface area contributed by atoms with Gasteiger partial charge in [-0.25, -0.2) is 0 Å². The Morgan fingerprint density at radius 3 is 2.54 bits per heavy atom. The number of nitrogens with one attached hydrogen (secondary N) is 1. The largest absolute Gasteiger partial charge is 0.481 e. The summed E-state index contributed by atoms with van der Waals surface area (Å²) in [6.45, 7) is 8.58. The molecule has 1 N–H and O–H groups in total. The molecule has 3 nitrogen and oxygen atoms in total. The molecule has 24 heavy (non-hydrogen) atoms. The molecular formula is C21H27NO2. The van der Waals surface area contributed by atoms with Gasteiger partial charge in [-0.05, 0) is 57.7 Å². The third-order valence-corrected chi connectivity index (χ3v) is 4.03. The van der Waals surface area contributed by atoms with E-state index in [1.54, 1.807) is 6.92 Å². The van der Waals surface area contributed by atoms with Crippen molar-refractivity contribution in [2.24, 2.45) is 0 Å². The Balaban J connectivity index is 1.75. The lowest BCUT2D eigenvalue weighted by molar-refractivity contribution is -0.127. The molecule has 1 amide bonds. The van der Waals surface area contributed by atoms with E-state index in [0.717, 1.165) is 24.2 Å². The second-order valence-electron chi connectivity index (χ2n) is 6.41. The first-order chi connectivity index (χ1) is 11.5. The number of benzene rings is 2. The number of carbonyl (C=O) groups excluding carboxylic acids is 1. The van der Waals surface area contributed by atoms with Crippen molar-refractivity contribution in [3.8, 4) is 5.75 Å². The molecule has 0 aliphatic heterocycles. The van der Waals surface area contributed by atoms with Crippen LogP contribution in [0.1, 0.15) is 35.6 Å². The lowest BCUT2D eigenvalue weighted by atomic mass is 10.1. The van der Waals surface area contributed by atoms with Crippen molar-refractivity contribution in [2.45, 2.75) is 46.6 Å². The summed E-state index contributed by atoms with van der Waals surface area (Å²) in [5.41, 5.74) is 4.82. The van der Waals surface area contributed by atoms with E-state index in [1.165, 1.54) is 16.7 Å². The Hall–Kier alpha value is -2.29. The van der Waals surface area contributed by atoms with Crippen LogP contribution in [0, 0.1) is 20.8 Å². The number of hydrogen-bond donors (Lipinski definition) is 1. The molecule has 128 valence electrons. The standard InChI is InChI=1S/C21H27NO2/c1-15-7-5-8-19(14-15)9-6-12-22-21(23)18(4)24-20-11-10-16(2)13-17(20)3/h5,7-8,10-11,13-14,18H,6,9,12H2,1-4H3,(H,22,23)/t18-/m0/s1. The number of hydrogen-bond acceptors (Lipinski definition) is 2. The van der Waals surface area contributed by atoms with Crippen LogP contribution in [0.5, 0.6) is 5.75 Å². The SMILES string of the molecule is Cc1cccc(CCCNC(=O)[C@H](C)Oc2ccc(C)cc2C)c1. The van der Waals surface area contributed by atoms with Crippen LogP contribution < -0.4 is 10.1 Å². The van der Waals surface area contributed by atoms with E-state index in [9.17, 15) is 4.79 Å². The summed E-state index contributed by atoms with van der Waals surface area (Å²) in [7, 11) is 0. The summed E-state index contributed by atoms with van der Waals surface area (Å²) in [5, 5.41) is 2.95. The number of carbonyl (C=O) groups is 1. The molecule has 0 radical (unpaired) electrons. The molecule has 0 aromatic heterocycles. The van der Waals surface area contributed by atoms with E-state index in [-0.39, 0.29) is 5.91 Å². The highest BCUT2D eigenvalue weighted by atomic mass is 16.5. The molecule has 0 fully saturated rings. The van der Waals surface area contributed by atoms with E-state index in [4.69, 9.17) is 4.74 Å². The summed E-state index contributed by atoms with van der Waals surface area (Å²) in [6, 6.07) is 14.5. The molecule has 3 heteroatoms. The first-order valence-electron chi connectivity index (χ1n) is 8.53. The molecule has 0 saturated carbocycles. The molecule has 0 unspecified atom stereocenters. The minimum Gasteiger partial charge on any atom is -0.481 e. The van der Waals surface area contributed by atoms with Crippen LogP contribution in [0.3, 0.4) is 0 Å². The summed E-state index contributed by atoms with van der Waals surface area (Å²) in [5.74, 6) is 0.697. The Kier molecular flexibility index (Phi) is 6.42. The topological polar surface area (TPSA) is 38.3 Å². The molecule has 0 bridgehead atoms. The number of aryl methyl sites for hydroxylation is 4. The van der Waals surface area contributed by atoms with Gasteiger partial charge in [-0.3, -0.25) is 4.79 Å². The van der Waals surface area contributed by atoms with Gasteiger partial charge in [0, 0.05) is 6.54 Å². The zero-order valence-electron chi connectivity index (χ0n) is 15.1. The lowest BCUT2D eigenvalue weighted by Gasteiger charge is -2.16. The molecule has 2 aromatic carbocycles. The average Bonchev–Trinajstić information content (AvgIpc) is 2.54. The first kappa shape index (κ1) is 18.1. The van der Waals surface area contributed by atoms with Crippen molar-refractivity contribution >= 4 is 5.91 Å². The molecule has 0 aliphatic carbocycles. The van der Waals surface area contributed by atoms with Gasteiger partial charge >= 0.3 is 0 Å². The zero-order valence-corrected chi connectivity index (χ0v) is 15.1. The Morgan fingerprint density at radius 2 is 1.83 bits per heavy atom. The lowest BCUT2D eigenvalue weighted by Crippen LogP contribution is -2.37. The minimum atomic E-state index is -0.495. The van der Waals surface area contributed by atoms with Gasteiger partial charge in [-0.2, -0.15) is 0 Å². The average molecular weight is 325 g/mol. The fourth-order valence-electron chi connectivity index (χ4n) is 2.69. The quantitative estimate of drug-likeness (QED) is 0.777. The third kappa shape index (κ3) is 5.41. The number of amides is 1. The molecule has 0 saturated heterocycles. The zero-order chi connectivity index (χ0) is 17.5. The number of ether oxygens (including phenoxy) is 1. The van der Waals surface area contributed by atoms with Crippen LogP contribution in [0.25, 0.3) is 0 Å². The van der Waals surface area contributed by atoms with Crippen LogP contribution in [0.4, 0.5) is 0 Å². The van der Waals surface area contributed by atoms with Gasteiger partial charge in [0.1, 0.15) is 5.75 Å². The molecule has 0 spiro atoms. The normalized spacial score (nSPS) is 11.8. The second kappa shape index (κ2) is 8.53. The van der Waals surface area contributed by atoms with Crippen molar-refractivity contribution in [3.63, 3.8) is 0 Å². The van der Waals surface area contributed by atoms with Crippen molar-refractivity contribution in [1.29, 1.82) is 0 Å². The minimum absolute atomic E-state index is 0.0702. The molecule has 2 rings (SSSR count). The van der Waals surface area contributed by atoms with E-state index in [1.807, 2.05) is 26.0 Å². The van der Waals surface area contributed by atoms with Crippen molar-refractivity contribution in [1.82, 2.24) is 5.32 Å². The number of rotatable bonds is 7. The van der Waals surface area contributed by atoms with E-state index in [0.29, 0.717) is 6.54 Å². The Bertz CT molecular complexity index is 694. The maximum Gasteiger partial charge on any atom is 0.260 e. The molecular weight excluding hydrogens is 298 g/mol. The maximum absolute atomic E-state index is 12.2. The summed E-state index contributed by atoms with van der Waals surface area (Å²) in [6.07, 6.45) is 1.39. The summed E-state index contributed by atoms with van der Waals surface area (Å²) < 4.78 is 5.78. The van der Waals surface area contributed by atoms with Crippen LogP contribution in [0.15, 0.2) is 42.5 Å². The van der Waals surface area contributed by atoms with Gasteiger partial charge in [-0.15, -0.1) is 0 Å². The highest BCUT2D eigenvalue weighted by molar-refractivity contribution is 5.80. The van der Waals surface area contributed by atoms with Crippen LogP contribution in [-0.2, 0) is 11.2 Å². The van der Waals surface area contributed by atoms with E-state index in [2.05, 4.69) is 42.6 Å². The fourth-order valence-corrected chi connectivity index (χ4v) is 2.69. The van der Waals surface area contributed by atoms with Crippen LogP contribution >= 0.6 is 0 Å². The van der Waals surface area contributed by atoms with E-state index < -0.39 is 6.10 Å². The highest BCUT2D eigenvalue weighted by Gasteiger charge is 2.15. The van der Waals surface area contributed by atoms with Crippen LogP contribution in [0.2, 0.25) is 0 Å². The van der Waals surface area contributed by atoms with Gasteiger partial charge in [0.15, 0.2) is 6.10 Å². The third-order valence-electron chi connectivity index (χ3n) is 4.03. The maximum atomic E-state index is 12.2. The molecule has 0 aliphatic rings. The monoisotopic (exact) mass is 325 g/mol. The van der Waals surface area contributed by atoms with Crippen molar-refractivity contribution in [3.05, 3.63) is 64.7 Å².